The van der Waals surface area contributed by atoms with E-state index >= 15 is 0 Å². The van der Waals surface area contributed by atoms with E-state index in [1.54, 1.807) is 6.20 Å². The molecular weight excluding hydrogens is 222 g/mol. The maximum Gasteiger partial charge on any atom is 0.0991 e. The lowest BCUT2D eigenvalue weighted by Crippen LogP contribution is -2.18. The molecule has 0 spiro atoms. The van der Waals surface area contributed by atoms with Crippen molar-refractivity contribution in [1.29, 1.82) is 5.26 Å². The standard InChI is InChI=1S/C15H15N3/c1-12(15-4-2-3-9-17-15)18-11-14-7-5-13(10-16)6-8-14/h2-9,12,18H,11H2,1H3. The minimum absolute atomic E-state index is 0.210. The van der Waals surface area contributed by atoms with Gasteiger partial charge in [-0.2, -0.15) is 5.26 Å². The van der Waals surface area contributed by atoms with Crippen LogP contribution in [0.1, 0.15) is 29.8 Å². The smallest absolute Gasteiger partial charge is 0.0991 e. The van der Waals surface area contributed by atoms with Crippen LogP contribution in [-0.2, 0) is 6.54 Å². The summed E-state index contributed by atoms with van der Waals surface area (Å²) in [6, 6.07) is 15.8. The first-order chi connectivity index (χ1) is 8.79. The summed E-state index contributed by atoms with van der Waals surface area (Å²) in [5.41, 5.74) is 2.89. The van der Waals surface area contributed by atoms with E-state index in [0.29, 0.717) is 5.56 Å². The number of aromatic nitrogens is 1. The molecule has 0 radical (unpaired) electrons. The molecule has 1 unspecified atom stereocenters. The van der Waals surface area contributed by atoms with E-state index in [1.165, 1.54) is 0 Å². The quantitative estimate of drug-likeness (QED) is 0.889. The number of benzene rings is 1. The zero-order valence-corrected chi connectivity index (χ0v) is 10.3. The second-order valence-electron chi connectivity index (χ2n) is 4.17. The lowest BCUT2D eigenvalue weighted by molar-refractivity contribution is 0.561. The van der Waals surface area contributed by atoms with Crippen LogP contribution < -0.4 is 5.32 Å². The van der Waals surface area contributed by atoms with Gasteiger partial charge >= 0.3 is 0 Å². The Morgan fingerprint density at radius 3 is 2.61 bits per heavy atom. The summed E-state index contributed by atoms with van der Waals surface area (Å²) in [5, 5.41) is 12.1. The third-order valence-corrected chi connectivity index (χ3v) is 2.83. The van der Waals surface area contributed by atoms with Crippen molar-refractivity contribution in [3.05, 3.63) is 65.5 Å². The first kappa shape index (κ1) is 12.3. The summed E-state index contributed by atoms with van der Waals surface area (Å²) in [6.45, 7) is 2.86. The number of nitrogens with zero attached hydrogens (tertiary/aromatic N) is 2. The van der Waals surface area contributed by atoms with Crippen molar-refractivity contribution in [2.75, 3.05) is 0 Å². The molecule has 0 saturated heterocycles. The second-order valence-corrected chi connectivity index (χ2v) is 4.17. The fraction of sp³-hybridized carbons (Fsp3) is 0.200. The van der Waals surface area contributed by atoms with E-state index in [0.717, 1.165) is 17.8 Å². The van der Waals surface area contributed by atoms with Gasteiger partial charge in [0.15, 0.2) is 0 Å². The minimum Gasteiger partial charge on any atom is -0.305 e. The summed E-state index contributed by atoms with van der Waals surface area (Å²) in [4.78, 5) is 4.31. The highest BCUT2D eigenvalue weighted by atomic mass is 14.9. The number of nitriles is 1. The molecule has 0 saturated carbocycles. The van der Waals surface area contributed by atoms with Crippen molar-refractivity contribution >= 4 is 0 Å². The predicted molar refractivity (Wildman–Crippen MR) is 70.6 cm³/mol. The summed E-state index contributed by atoms with van der Waals surface area (Å²) >= 11 is 0. The van der Waals surface area contributed by atoms with Gasteiger partial charge in [-0.05, 0) is 36.8 Å². The number of rotatable bonds is 4. The van der Waals surface area contributed by atoms with Crippen molar-refractivity contribution in [2.45, 2.75) is 19.5 Å². The van der Waals surface area contributed by atoms with Crippen LogP contribution in [0, 0.1) is 11.3 Å². The van der Waals surface area contributed by atoms with Gasteiger partial charge in [-0.1, -0.05) is 18.2 Å². The molecule has 2 rings (SSSR count). The third kappa shape index (κ3) is 3.16. The maximum atomic E-state index is 8.72. The number of pyridine rings is 1. The molecule has 0 aliphatic carbocycles. The van der Waals surface area contributed by atoms with Gasteiger partial charge in [-0.3, -0.25) is 4.98 Å². The lowest BCUT2D eigenvalue weighted by atomic mass is 10.1. The molecule has 1 N–H and O–H groups in total. The number of hydrogen-bond acceptors (Lipinski definition) is 3. The van der Waals surface area contributed by atoms with Crippen LogP contribution in [0.25, 0.3) is 0 Å². The molecule has 1 atom stereocenters. The third-order valence-electron chi connectivity index (χ3n) is 2.83. The van der Waals surface area contributed by atoms with E-state index in [2.05, 4.69) is 23.3 Å². The van der Waals surface area contributed by atoms with Crippen molar-refractivity contribution in [1.82, 2.24) is 10.3 Å². The van der Waals surface area contributed by atoms with Crippen LogP contribution in [0.4, 0.5) is 0 Å². The van der Waals surface area contributed by atoms with Crippen LogP contribution in [0.3, 0.4) is 0 Å². The first-order valence-corrected chi connectivity index (χ1v) is 5.93. The Hall–Kier alpha value is -2.18. The number of hydrogen-bond donors (Lipinski definition) is 1. The van der Waals surface area contributed by atoms with Crippen LogP contribution >= 0.6 is 0 Å². The summed E-state index contributed by atoms with van der Waals surface area (Å²) < 4.78 is 0. The van der Waals surface area contributed by atoms with Gasteiger partial charge in [0.25, 0.3) is 0 Å². The monoisotopic (exact) mass is 237 g/mol. The Balaban J connectivity index is 1.93. The maximum absolute atomic E-state index is 8.72. The lowest BCUT2D eigenvalue weighted by Gasteiger charge is -2.13. The Morgan fingerprint density at radius 1 is 1.22 bits per heavy atom. The van der Waals surface area contributed by atoms with Crippen LogP contribution in [0.15, 0.2) is 48.7 Å². The normalized spacial score (nSPS) is 11.8. The fourth-order valence-electron chi connectivity index (χ4n) is 1.70. The van der Waals surface area contributed by atoms with Gasteiger partial charge in [-0.15, -0.1) is 0 Å². The SMILES string of the molecule is CC(NCc1ccc(C#N)cc1)c1ccccn1. The molecule has 0 aliphatic rings. The Bertz CT molecular complexity index is 526. The van der Waals surface area contributed by atoms with Gasteiger partial charge in [-0.25, -0.2) is 0 Å². The second kappa shape index (κ2) is 5.95. The Labute approximate surface area is 107 Å². The molecule has 2 aromatic rings. The van der Waals surface area contributed by atoms with E-state index in [9.17, 15) is 0 Å². The largest absolute Gasteiger partial charge is 0.305 e. The van der Waals surface area contributed by atoms with Crippen molar-refractivity contribution in [2.24, 2.45) is 0 Å². The molecule has 3 nitrogen and oxygen atoms in total. The topological polar surface area (TPSA) is 48.7 Å². The van der Waals surface area contributed by atoms with E-state index in [1.807, 2.05) is 42.5 Å². The predicted octanol–water partition coefficient (Wildman–Crippen LogP) is 2.80. The van der Waals surface area contributed by atoms with Crippen molar-refractivity contribution in [3.63, 3.8) is 0 Å². The van der Waals surface area contributed by atoms with Crippen LogP contribution in [0.5, 0.6) is 0 Å². The molecule has 0 aliphatic heterocycles. The molecule has 3 heteroatoms. The van der Waals surface area contributed by atoms with Gasteiger partial charge in [0, 0.05) is 18.8 Å². The van der Waals surface area contributed by atoms with Crippen molar-refractivity contribution < 1.29 is 0 Å². The highest BCUT2D eigenvalue weighted by molar-refractivity contribution is 5.31. The van der Waals surface area contributed by atoms with Crippen LogP contribution in [0.2, 0.25) is 0 Å². The van der Waals surface area contributed by atoms with E-state index in [4.69, 9.17) is 5.26 Å². The van der Waals surface area contributed by atoms with E-state index < -0.39 is 0 Å². The van der Waals surface area contributed by atoms with Gasteiger partial charge in [0.1, 0.15) is 0 Å². The fourth-order valence-corrected chi connectivity index (χ4v) is 1.70. The van der Waals surface area contributed by atoms with Crippen molar-refractivity contribution in [3.8, 4) is 6.07 Å². The average molecular weight is 237 g/mol. The van der Waals surface area contributed by atoms with Gasteiger partial charge in [0.05, 0.1) is 17.3 Å². The van der Waals surface area contributed by atoms with Gasteiger partial charge < -0.3 is 5.32 Å². The minimum atomic E-state index is 0.210. The summed E-state index contributed by atoms with van der Waals surface area (Å²) in [5.74, 6) is 0. The molecule has 0 bridgehead atoms. The molecule has 1 heterocycles. The number of nitrogens with one attached hydrogen (secondary N) is 1. The molecule has 1 aromatic carbocycles. The molecule has 0 amide bonds. The average Bonchev–Trinajstić information content (AvgIpc) is 2.46. The molecule has 90 valence electrons. The first-order valence-electron chi connectivity index (χ1n) is 5.93. The molecule has 18 heavy (non-hydrogen) atoms. The molecule has 0 fully saturated rings. The highest BCUT2D eigenvalue weighted by Gasteiger charge is 2.04. The summed E-state index contributed by atoms with van der Waals surface area (Å²) in [7, 11) is 0. The highest BCUT2D eigenvalue weighted by Crippen LogP contribution is 2.10. The zero-order chi connectivity index (χ0) is 12.8. The summed E-state index contributed by atoms with van der Waals surface area (Å²) in [6.07, 6.45) is 1.80. The zero-order valence-electron chi connectivity index (χ0n) is 10.3. The Kier molecular flexibility index (Phi) is 4.06. The Morgan fingerprint density at radius 2 is 2.00 bits per heavy atom. The molecule has 1 aromatic heterocycles. The molecular formula is C15H15N3. The van der Waals surface area contributed by atoms with E-state index in [-0.39, 0.29) is 6.04 Å². The van der Waals surface area contributed by atoms with Gasteiger partial charge in [0.2, 0.25) is 0 Å². The van der Waals surface area contributed by atoms with Crippen LogP contribution in [-0.4, -0.2) is 4.98 Å².